The molecule has 1 saturated heterocycles. The van der Waals surface area contributed by atoms with Crippen LogP contribution in [0, 0.1) is 5.92 Å². The molecule has 1 unspecified atom stereocenters. The maximum Gasteiger partial charge on any atom is 0.0614 e. The molecule has 0 bridgehead atoms. The highest BCUT2D eigenvalue weighted by Crippen LogP contribution is 2.23. The van der Waals surface area contributed by atoms with Crippen molar-refractivity contribution in [1.29, 1.82) is 0 Å². The van der Waals surface area contributed by atoms with Crippen LogP contribution in [0.1, 0.15) is 51.4 Å². The number of oxime groups is 1. The highest BCUT2D eigenvalue weighted by molar-refractivity contribution is 5.86. The number of piperidine rings is 1. The average Bonchev–Trinajstić information content (AvgIpc) is 2.55. The van der Waals surface area contributed by atoms with Crippen LogP contribution < -0.4 is 0 Å². The maximum atomic E-state index is 9.09. The zero-order valence-corrected chi connectivity index (χ0v) is 10.2. The molecule has 0 aromatic heterocycles. The summed E-state index contributed by atoms with van der Waals surface area (Å²) in [7, 11) is 0. The minimum absolute atomic E-state index is 0.519. The number of rotatable bonds is 2. The van der Waals surface area contributed by atoms with E-state index < -0.39 is 0 Å². The summed E-state index contributed by atoms with van der Waals surface area (Å²) in [5, 5.41) is 12.6. The fraction of sp³-hybridized carbons (Fsp3) is 0.923. The second-order valence-corrected chi connectivity index (χ2v) is 5.25. The Morgan fingerprint density at radius 3 is 2.56 bits per heavy atom. The lowest BCUT2D eigenvalue weighted by atomic mass is 9.96. The smallest absolute Gasteiger partial charge is 0.0614 e. The molecular formula is C13H24N2O. The molecular weight excluding hydrogens is 200 g/mol. The lowest BCUT2D eigenvalue weighted by Crippen LogP contribution is -2.36. The van der Waals surface area contributed by atoms with Gasteiger partial charge >= 0.3 is 0 Å². The zero-order chi connectivity index (χ0) is 11.2. The van der Waals surface area contributed by atoms with Gasteiger partial charge < -0.3 is 10.1 Å². The van der Waals surface area contributed by atoms with E-state index in [4.69, 9.17) is 5.21 Å². The molecule has 0 spiro atoms. The van der Waals surface area contributed by atoms with Crippen molar-refractivity contribution >= 4 is 5.71 Å². The summed E-state index contributed by atoms with van der Waals surface area (Å²) < 4.78 is 0. The lowest BCUT2D eigenvalue weighted by molar-refractivity contribution is 0.207. The van der Waals surface area contributed by atoms with Gasteiger partial charge in [0.05, 0.1) is 5.71 Å². The standard InChI is InChI=1S/C13H24N2O/c16-14-13-8-4-1-3-7-12(13)11-15-9-5-2-6-10-15/h12,16H,1-11H2/b14-13-. The number of likely N-dealkylation sites (tertiary alicyclic amines) is 1. The zero-order valence-electron chi connectivity index (χ0n) is 10.2. The van der Waals surface area contributed by atoms with E-state index in [1.807, 2.05) is 0 Å². The molecule has 1 heterocycles. The largest absolute Gasteiger partial charge is 0.411 e. The quantitative estimate of drug-likeness (QED) is 0.445. The molecule has 0 aromatic rings. The normalized spacial score (nSPS) is 31.5. The molecule has 1 N–H and O–H groups in total. The summed E-state index contributed by atoms with van der Waals surface area (Å²) in [4.78, 5) is 2.56. The summed E-state index contributed by atoms with van der Waals surface area (Å²) in [6.07, 6.45) is 10.1. The third-order valence-corrected chi connectivity index (χ3v) is 4.01. The van der Waals surface area contributed by atoms with Crippen LogP contribution in [-0.4, -0.2) is 35.5 Å². The Labute approximate surface area is 98.5 Å². The molecule has 3 heteroatoms. The van der Waals surface area contributed by atoms with Crippen LogP contribution in [0.2, 0.25) is 0 Å². The molecule has 2 fully saturated rings. The third-order valence-electron chi connectivity index (χ3n) is 4.01. The molecule has 2 rings (SSSR count). The first-order valence-corrected chi connectivity index (χ1v) is 6.83. The fourth-order valence-corrected chi connectivity index (χ4v) is 3.03. The van der Waals surface area contributed by atoms with Crippen molar-refractivity contribution in [3.63, 3.8) is 0 Å². The predicted molar refractivity (Wildman–Crippen MR) is 66.1 cm³/mol. The second kappa shape index (κ2) is 6.24. The summed E-state index contributed by atoms with van der Waals surface area (Å²) in [5.74, 6) is 0.519. The Bertz CT molecular complexity index is 234. The van der Waals surface area contributed by atoms with Crippen molar-refractivity contribution in [2.75, 3.05) is 19.6 Å². The Morgan fingerprint density at radius 1 is 1.06 bits per heavy atom. The molecule has 1 aliphatic heterocycles. The fourth-order valence-electron chi connectivity index (χ4n) is 3.03. The van der Waals surface area contributed by atoms with E-state index >= 15 is 0 Å². The van der Waals surface area contributed by atoms with Crippen molar-refractivity contribution in [2.24, 2.45) is 11.1 Å². The van der Waals surface area contributed by atoms with Gasteiger partial charge in [0.25, 0.3) is 0 Å². The molecule has 1 atom stereocenters. The molecule has 2 aliphatic rings. The topological polar surface area (TPSA) is 35.8 Å². The first-order valence-electron chi connectivity index (χ1n) is 6.83. The summed E-state index contributed by atoms with van der Waals surface area (Å²) in [6.45, 7) is 3.61. The van der Waals surface area contributed by atoms with Gasteiger partial charge in [0.2, 0.25) is 0 Å². The van der Waals surface area contributed by atoms with Crippen LogP contribution in [0.5, 0.6) is 0 Å². The SMILES string of the molecule is O/N=C1/CCCCCC1CN1CCCCC1. The van der Waals surface area contributed by atoms with E-state index in [1.54, 1.807) is 0 Å². The Hall–Kier alpha value is -0.570. The lowest BCUT2D eigenvalue weighted by Gasteiger charge is -2.30. The maximum absolute atomic E-state index is 9.09. The van der Waals surface area contributed by atoms with Crippen LogP contribution in [-0.2, 0) is 0 Å². The van der Waals surface area contributed by atoms with E-state index in [1.165, 1.54) is 58.0 Å². The minimum Gasteiger partial charge on any atom is -0.411 e. The monoisotopic (exact) mass is 224 g/mol. The van der Waals surface area contributed by atoms with Gasteiger partial charge in [-0.15, -0.1) is 0 Å². The minimum atomic E-state index is 0.519. The highest BCUT2D eigenvalue weighted by Gasteiger charge is 2.22. The van der Waals surface area contributed by atoms with Gasteiger partial charge in [0, 0.05) is 12.5 Å². The molecule has 1 aliphatic carbocycles. The van der Waals surface area contributed by atoms with Crippen LogP contribution in [0.4, 0.5) is 0 Å². The van der Waals surface area contributed by atoms with Gasteiger partial charge in [-0.05, 0) is 45.2 Å². The van der Waals surface area contributed by atoms with E-state index in [9.17, 15) is 0 Å². The van der Waals surface area contributed by atoms with E-state index in [2.05, 4.69) is 10.1 Å². The van der Waals surface area contributed by atoms with Crippen LogP contribution >= 0.6 is 0 Å². The van der Waals surface area contributed by atoms with Crippen molar-refractivity contribution in [2.45, 2.75) is 51.4 Å². The Balaban J connectivity index is 1.89. The first kappa shape index (κ1) is 11.9. The van der Waals surface area contributed by atoms with E-state index in [0.717, 1.165) is 18.7 Å². The molecule has 16 heavy (non-hydrogen) atoms. The molecule has 92 valence electrons. The molecule has 1 saturated carbocycles. The first-order chi connectivity index (χ1) is 7.90. The van der Waals surface area contributed by atoms with Crippen molar-refractivity contribution in [1.82, 2.24) is 4.90 Å². The van der Waals surface area contributed by atoms with Gasteiger partial charge in [-0.3, -0.25) is 0 Å². The Kier molecular flexibility index (Phi) is 4.64. The summed E-state index contributed by atoms with van der Waals surface area (Å²) >= 11 is 0. The molecule has 3 nitrogen and oxygen atoms in total. The number of hydrogen-bond donors (Lipinski definition) is 1. The van der Waals surface area contributed by atoms with Crippen LogP contribution in [0.3, 0.4) is 0 Å². The summed E-state index contributed by atoms with van der Waals surface area (Å²) in [5.41, 5.74) is 1.06. The predicted octanol–water partition coefficient (Wildman–Crippen LogP) is 2.88. The molecule has 0 aromatic carbocycles. The molecule has 0 amide bonds. The van der Waals surface area contributed by atoms with Gasteiger partial charge in [-0.2, -0.15) is 0 Å². The van der Waals surface area contributed by atoms with Gasteiger partial charge in [0.1, 0.15) is 0 Å². The number of hydrogen-bond acceptors (Lipinski definition) is 3. The van der Waals surface area contributed by atoms with Crippen molar-refractivity contribution in [3.05, 3.63) is 0 Å². The van der Waals surface area contributed by atoms with E-state index in [0.29, 0.717) is 5.92 Å². The third kappa shape index (κ3) is 3.21. The Morgan fingerprint density at radius 2 is 1.81 bits per heavy atom. The second-order valence-electron chi connectivity index (χ2n) is 5.25. The van der Waals surface area contributed by atoms with Crippen molar-refractivity contribution < 1.29 is 5.21 Å². The van der Waals surface area contributed by atoms with Gasteiger partial charge in [0.15, 0.2) is 0 Å². The molecule has 0 radical (unpaired) electrons. The van der Waals surface area contributed by atoms with Crippen LogP contribution in [0.15, 0.2) is 5.16 Å². The summed E-state index contributed by atoms with van der Waals surface area (Å²) in [6, 6.07) is 0. The average molecular weight is 224 g/mol. The van der Waals surface area contributed by atoms with Gasteiger partial charge in [-0.1, -0.05) is 24.4 Å². The van der Waals surface area contributed by atoms with Gasteiger partial charge in [-0.25, -0.2) is 0 Å². The van der Waals surface area contributed by atoms with Crippen molar-refractivity contribution in [3.8, 4) is 0 Å². The number of nitrogens with zero attached hydrogens (tertiary/aromatic N) is 2. The highest BCUT2D eigenvalue weighted by atomic mass is 16.4. The van der Waals surface area contributed by atoms with Crippen LogP contribution in [0.25, 0.3) is 0 Å². The van der Waals surface area contributed by atoms with E-state index in [-0.39, 0.29) is 0 Å².